The molecule has 1 aromatic heterocycles. The molecule has 1 heterocycles. The summed E-state index contributed by atoms with van der Waals surface area (Å²) in [5, 5.41) is 11.5. The number of benzene rings is 1. The minimum Gasteiger partial charge on any atom is -0.475 e. The van der Waals surface area contributed by atoms with Crippen molar-refractivity contribution < 1.29 is 19.1 Å². The third-order valence-corrected chi connectivity index (χ3v) is 3.35. The topological polar surface area (TPSA) is 79.5 Å². The van der Waals surface area contributed by atoms with Gasteiger partial charge in [-0.3, -0.25) is 4.79 Å². The molecule has 0 saturated carbocycles. The van der Waals surface area contributed by atoms with E-state index in [1.807, 2.05) is 32.0 Å². The lowest BCUT2D eigenvalue weighted by Gasteiger charge is -2.09. The van der Waals surface area contributed by atoms with E-state index in [1.165, 1.54) is 28.8 Å². The van der Waals surface area contributed by atoms with Crippen LogP contribution in [0, 0.1) is 13.8 Å². The van der Waals surface area contributed by atoms with E-state index in [0.717, 1.165) is 6.42 Å². The van der Waals surface area contributed by atoms with Crippen LogP contribution >= 0.6 is 0 Å². The fourth-order valence-electron chi connectivity index (χ4n) is 2.21. The number of carboxylic acid groups (broad SMARTS) is 1. The summed E-state index contributed by atoms with van der Waals surface area (Å²) in [7, 11) is 0. The lowest BCUT2D eigenvalue weighted by Crippen LogP contribution is -2.25. The third kappa shape index (κ3) is 3.51. The maximum Gasteiger partial charge on any atom is 0.371 e. The lowest BCUT2D eigenvalue weighted by atomic mass is 10.0. The number of carboxylic acids is 1. The van der Waals surface area contributed by atoms with Crippen molar-refractivity contribution in [2.75, 3.05) is 6.54 Å². The summed E-state index contributed by atoms with van der Waals surface area (Å²) in [6.45, 7) is 4.54. The molecule has 0 aliphatic carbocycles. The zero-order valence-corrected chi connectivity index (χ0v) is 12.0. The first-order valence-corrected chi connectivity index (χ1v) is 6.65. The lowest BCUT2D eigenvalue weighted by molar-refractivity contribution is 0.0659. The van der Waals surface area contributed by atoms with Crippen LogP contribution in [0.3, 0.4) is 0 Å². The van der Waals surface area contributed by atoms with E-state index in [1.54, 1.807) is 0 Å². The molecule has 1 amide bonds. The number of nitrogens with one attached hydrogen (secondary N) is 1. The molecule has 0 saturated heterocycles. The van der Waals surface area contributed by atoms with Gasteiger partial charge in [-0.05, 0) is 49.1 Å². The maximum absolute atomic E-state index is 11.8. The molecule has 2 rings (SSSR count). The van der Waals surface area contributed by atoms with Crippen molar-refractivity contribution in [1.29, 1.82) is 0 Å². The maximum atomic E-state index is 11.8. The van der Waals surface area contributed by atoms with Crippen LogP contribution in [0.15, 0.2) is 34.7 Å². The Labute approximate surface area is 122 Å². The summed E-state index contributed by atoms with van der Waals surface area (Å²) >= 11 is 0. The summed E-state index contributed by atoms with van der Waals surface area (Å²) < 4.78 is 4.95. The average molecular weight is 287 g/mol. The van der Waals surface area contributed by atoms with Gasteiger partial charge in [0.05, 0.1) is 0 Å². The smallest absolute Gasteiger partial charge is 0.371 e. The zero-order valence-electron chi connectivity index (χ0n) is 12.0. The second kappa shape index (κ2) is 6.26. The van der Waals surface area contributed by atoms with Crippen molar-refractivity contribution in [3.05, 3.63) is 58.5 Å². The Balaban J connectivity index is 1.94. The highest BCUT2D eigenvalue weighted by Gasteiger charge is 2.14. The molecule has 0 aliphatic heterocycles. The third-order valence-electron chi connectivity index (χ3n) is 3.35. The number of furan rings is 1. The fourth-order valence-corrected chi connectivity index (χ4v) is 2.21. The van der Waals surface area contributed by atoms with Crippen molar-refractivity contribution in [2.45, 2.75) is 20.3 Å². The van der Waals surface area contributed by atoms with E-state index in [-0.39, 0.29) is 11.5 Å². The molecule has 0 bridgehead atoms. The van der Waals surface area contributed by atoms with E-state index in [0.29, 0.717) is 6.54 Å². The SMILES string of the molecule is Cc1cccc(C)c1CCNC(=O)c1ccc(C(=O)O)o1. The predicted octanol–water partition coefficient (Wildman–Crippen LogP) is 2.57. The van der Waals surface area contributed by atoms with Crippen molar-refractivity contribution in [3.8, 4) is 0 Å². The molecule has 2 N–H and O–H groups in total. The molecule has 0 fully saturated rings. The van der Waals surface area contributed by atoms with Gasteiger partial charge in [-0.1, -0.05) is 18.2 Å². The van der Waals surface area contributed by atoms with Crippen molar-refractivity contribution in [2.24, 2.45) is 0 Å². The summed E-state index contributed by atoms with van der Waals surface area (Å²) in [5.74, 6) is -1.83. The highest BCUT2D eigenvalue weighted by molar-refractivity contribution is 5.93. The monoisotopic (exact) mass is 287 g/mol. The Hall–Kier alpha value is -2.56. The van der Waals surface area contributed by atoms with E-state index in [9.17, 15) is 9.59 Å². The van der Waals surface area contributed by atoms with Gasteiger partial charge in [-0.15, -0.1) is 0 Å². The second-order valence-electron chi connectivity index (χ2n) is 4.85. The van der Waals surface area contributed by atoms with Crippen molar-refractivity contribution in [1.82, 2.24) is 5.32 Å². The number of carbonyl (C=O) groups excluding carboxylic acids is 1. The van der Waals surface area contributed by atoms with Crippen LogP contribution in [-0.2, 0) is 6.42 Å². The molecular weight excluding hydrogens is 270 g/mol. The average Bonchev–Trinajstić information content (AvgIpc) is 2.92. The van der Waals surface area contributed by atoms with Gasteiger partial charge in [0, 0.05) is 6.54 Å². The first kappa shape index (κ1) is 14.8. The van der Waals surface area contributed by atoms with Gasteiger partial charge in [0.15, 0.2) is 5.76 Å². The van der Waals surface area contributed by atoms with Crippen LogP contribution in [-0.4, -0.2) is 23.5 Å². The number of carbonyl (C=O) groups is 2. The summed E-state index contributed by atoms with van der Waals surface area (Å²) in [4.78, 5) is 22.5. The van der Waals surface area contributed by atoms with Gasteiger partial charge in [0.25, 0.3) is 5.91 Å². The Morgan fingerprint density at radius 2 is 1.71 bits per heavy atom. The fraction of sp³-hybridized carbons (Fsp3) is 0.250. The molecule has 5 nitrogen and oxygen atoms in total. The summed E-state index contributed by atoms with van der Waals surface area (Å²) in [6.07, 6.45) is 0.719. The first-order chi connectivity index (χ1) is 9.99. The normalized spacial score (nSPS) is 10.4. The molecule has 0 spiro atoms. The van der Waals surface area contributed by atoms with Gasteiger partial charge in [-0.25, -0.2) is 4.79 Å². The molecular formula is C16H17NO4. The minimum absolute atomic E-state index is 0.00825. The molecule has 0 radical (unpaired) electrons. The molecule has 0 atom stereocenters. The molecule has 110 valence electrons. The quantitative estimate of drug-likeness (QED) is 0.885. The Morgan fingerprint density at radius 1 is 1.10 bits per heavy atom. The number of rotatable bonds is 5. The molecule has 2 aromatic rings. The number of aryl methyl sites for hydroxylation is 2. The number of amides is 1. The van der Waals surface area contributed by atoms with Crippen LogP contribution < -0.4 is 5.32 Å². The molecule has 0 unspecified atom stereocenters. The van der Waals surface area contributed by atoms with Crippen LogP contribution in [0.1, 0.15) is 37.8 Å². The molecule has 21 heavy (non-hydrogen) atoms. The predicted molar refractivity (Wildman–Crippen MR) is 77.6 cm³/mol. The molecule has 5 heteroatoms. The highest BCUT2D eigenvalue weighted by atomic mass is 16.4. The summed E-state index contributed by atoms with van der Waals surface area (Å²) in [5.41, 5.74) is 3.59. The van der Waals surface area contributed by atoms with Crippen molar-refractivity contribution in [3.63, 3.8) is 0 Å². The van der Waals surface area contributed by atoms with Crippen LogP contribution in [0.2, 0.25) is 0 Å². The largest absolute Gasteiger partial charge is 0.475 e. The summed E-state index contributed by atoms with van der Waals surface area (Å²) in [6, 6.07) is 8.70. The van der Waals surface area contributed by atoms with Gasteiger partial charge >= 0.3 is 5.97 Å². The Morgan fingerprint density at radius 3 is 2.29 bits per heavy atom. The minimum atomic E-state index is -1.19. The van der Waals surface area contributed by atoms with Crippen molar-refractivity contribution >= 4 is 11.9 Å². The first-order valence-electron chi connectivity index (χ1n) is 6.65. The number of hydrogen-bond acceptors (Lipinski definition) is 3. The Kier molecular flexibility index (Phi) is 4.42. The number of hydrogen-bond donors (Lipinski definition) is 2. The second-order valence-corrected chi connectivity index (χ2v) is 4.85. The number of aromatic carboxylic acids is 1. The van der Waals surface area contributed by atoms with Gasteiger partial charge < -0.3 is 14.8 Å². The van der Waals surface area contributed by atoms with E-state index >= 15 is 0 Å². The molecule has 1 aromatic carbocycles. The highest BCUT2D eigenvalue weighted by Crippen LogP contribution is 2.13. The van der Waals surface area contributed by atoms with Gasteiger partial charge in [0.2, 0.25) is 5.76 Å². The van der Waals surface area contributed by atoms with Gasteiger partial charge in [0.1, 0.15) is 0 Å². The van der Waals surface area contributed by atoms with E-state index in [4.69, 9.17) is 9.52 Å². The standard InChI is InChI=1S/C16H17NO4/c1-10-4-3-5-11(2)12(10)8-9-17-15(18)13-6-7-14(21-13)16(19)20/h3-7H,8-9H2,1-2H3,(H,17,18)(H,19,20). The van der Waals surface area contributed by atoms with Crippen LogP contribution in [0.25, 0.3) is 0 Å². The Bertz CT molecular complexity index is 652. The molecule has 0 aliphatic rings. The van der Waals surface area contributed by atoms with Crippen LogP contribution in [0.5, 0.6) is 0 Å². The zero-order chi connectivity index (χ0) is 15.4. The van der Waals surface area contributed by atoms with E-state index < -0.39 is 11.9 Å². The van der Waals surface area contributed by atoms with E-state index in [2.05, 4.69) is 5.32 Å². The van der Waals surface area contributed by atoms with Crippen LogP contribution in [0.4, 0.5) is 0 Å². The van der Waals surface area contributed by atoms with Gasteiger partial charge in [-0.2, -0.15) is 0 Å².